The third-order valence-corrected chi connectivity index (χ3v) is 5.10. The highest BCUT2D eigenvalue weighted by molar-refractivity contribution is 5.70. The minimum absolute atomic E-state index is 0.206. The first-order valence-electron chi connectivity index (χ1n) is 7.83. The molecule has 0 aromatic heterocycles. The Balaban J connectivity index is 1.79. The topological polar surface area (TPSA) is 89.8 Å². The molecule has 5 heteroatoms. The van der Waals surface area contributed by atoms with Crippen LogP contribution in [0.5, 0.6) is 0 Å². The molecule has 2 fully saturated rings. The second-order valence-electron chi connectivity index (χ2n) is 6.55. The molecule has 2 aliphatic carbocycles. The lowest BCUT2D eigenvalue weighted by Gasteiger charge is -2.38. The Morgan fingerprint density at radius 1 is 1.15 bits per heavy atom. The molecule has 116 valence electrons. The summed E-state index contributed by atoms with van der Waals surface area (Å²) in [5, 5.41) is 32.3. The van der Waals surface area contributed by atoms with Gasteiger partial charge in [-0.25, -0.2) is 0 Å². The molecule has 0 heterocycles. The third-order valence-electron chi connectivity index (χ3n) is 5.10. The molecule has 0 amide bonds. The quantitative estimate of drug-likeness (QED) is 0.608. The molecule has 0 saturated heterocycles. The van der Waals surface area contributed by atoms with Crippen LogP contribution in [0, 0.1) is 11.8 Å². The molecule has 0 aromatic carbocycles. The molecule has 0 bridgehead atoms. The smallest absolute Gasteiger partial charge is 0.306 e. The van der Waals surface area contributed by atoms with Crippen LogP contribution in [0.25, 0.3) is 0 Å². The standard InChI is InChI=1S/C15H27NO4/c17-9-12-3-1-2-4-13(12)16-10-15(20)7-5-11(6-8-15)14(18)19/h11-13,16-17,20H,1-10H2,(H,18,19). The molecule has 5 nitrogen and oxygen atoms in total. The SMILES string of the molecule is O=C(O)C1CCC(O)(CNC2CCCCC2CO)CC1. The average Bonchev–Trinajstić information content (AvgIpc) is 2.46. The molecule has 2 saturated carbocycles. The molecule has 0 aliphatic heterocycles. The molecule has 2 rings (SSSR count). The summed E-state index contributed by atoms with van der Waals surface area (Å²) in [6, 6.07) is 0.287. The second-order valence-corrected chi connectivity index (χ2v) is 6.55. The molecule has 2 atom stereocenters. The number of carbonyl (C=O) groups is 1. The summed E-state index contributed by atoms with van der Waals surface area (Å²) in [5.74, 6) is -0.745. The first-order chi connectivity index (χ1) is 9.54. The molecule has 20 heavy (non-hydrogen) atoms. The van der Waals surface area contributed by atoms with E-state index in [9.17, 15) is 15.0 Å². The van der Waals surface area contributed by atoms with Gasteiger partial charge in [0.15, 0.2) is 0 Å². The second kappa shape index (κ2) is 6.87. The van der Waals surface area contributed by atoms with Crippen molar-refractivity contribution < 1.29 is 20.1 Å². The van der Waals surface area contributed by atoms with Crippen molar-refractivity contribution in [3.05, 3.63) is 0 Å². The maximum atomic E-state index is 10.9. The van der Waals surface area contributed by atoms with Crippen molar-refractivity contribution in [3.8, 4) is 0 Å². The van der Waals surface area contributed by atoms with Gasteiger partial charge in [-0.2, -0.15) is 0 Å². The predicted octanol–water partition coefficient (Wildman–Crippen LogP) is 1.13. The highest BCUT2D eigenvalue weighted by atomic mass is 16.4. The number of hydrogen-bond donors (Lipinski definition) is 4. The van der Waals surface area contributed by atoms with Gasteiger partial charge in [-0.15, -0.1) is 0 Å². The summed E-state index contributed by atoms with van der Waals surface area (Å²) >= 11 is 0. The highest BCUT2D eigenvalue weighted by Crippen LogP contribution is 2.32. The maximum absolute atomic E-state index is 10.9. The Morgan fingerprint density at radius 3 is 2.40 bits per heavy atom. The van der Waals surface area contributed by atoms with E-state index in [2.05, 4.69) is 5.32 Å². The van der Waals surface area contributed by atoms with E-state index >= 15 is 0 Å². The number of carboxylic acids is 1. The van der Waals surface area contributed by atoms with Gasteiger partial charge in [0.05, 0.1) is 11.5 Å². The summed E-state index contributed by atoms with van der Waals surface area (Å²) in [6.45, 7) is 0.720. The lowest BCUT2D eigenvalue weighted by molar-refractivity contribution is -0.144. The summed E-state index contributed by atoms with van der Waals surface area (Å²) in [6.07, 6.45) is 6.67. The van der Waals surface area contributed by atoms with E-state index in [4.69, 9.17) is 5.11 Å². The van der Waals surface area contributed by atoms with Gasteiger partial charge in [0.25, 0.3) is 0 Å². The van der Waals surface area contributed by atoms with E-state index in [-0.39, 0.29) is 18.6 Å². The van der Waals surface area contributed by atoms with Crippen molar-refractivity contribution in [2.24, 2.45) is 11.8 Å². The van der Waals surface area contributed by atoms with Crippen LogP contribution < -0.4 is 5.32 Å². The maximum Gasteiger partial charge on any atom is 0.306 e. The molecular weight excluding hydrogens is 258 g/mol. The van der Waals surface area contributed by atoms with Crippen LogP contribution in [-0.4, -0.2) is 46.1 Å². The number of aliphatic hydroxyl groups is 2. The summed E-state index contributed by atoms with van der Waals surface area (Å²) in [7, 11) is 0. The van der Waals surface area contributed by atoms with E-state index in [1.165, 1.54) is 12.8 Å². The number of carboxylic acid groups (broad SMARTS) is 1. The molecule has 0 radical (unpaired) electrons. The molecule has 2 unspecified atom stereocenters. The van der Waals surface area contributed by atoms with Gasteiger partial charge in [0.2, 0.25) is 0 Å². The number of aliphatic carboxylic acids is 1. The normalized spacial score (nSPS) is 38.6. The van der Waals surface area contributed by atoms with Crippen LogP contribution in [0.1, 0.15) is 51.4 Å². The van der Waals surface area contributed by atoms with Crippen molar-refractivity contribution in [2.75, 3.05) is 13.2 Å². The fraction of sp³-hybridized carbons (Fsp3) is 0.933. The van der Waals surface area contributed by atoms with Crippen LogP contribution in [0.3, 0.4) is 0 Å². The third kappa shape index (κ3) is 3.93. The van der Waals surface area contributed by atoms with Gasteiger partial charge in [-0.05, 0) is 44.4 Å². The first kappa shape index (κ1) is 15.7. The van der Waals surface area contributed by atoms with Gasteiger partial charge < -0.3 is 20.6 Å². The van der Waals surface area contributed by atoms with E-state index in [1.807, 2.05) is 0 Å². The predicted molar refractivity (Wildman–Crippen MR) is 75.4 cm³/mol. The van der Waals surface area contributed by atoms with Gasteiger partial charge in [-0.3, -0.25) is 4.79 Å². The zero-order chi connectivity index (χ0) is 14.6. The lowest BCUT2D eigenvalue weighted by atomic mass is 9.78. The van der Waals surface area contributed by atoms with E-state index < -0.39 is 11.6 Å². The van der Waals surface area contributed by atoms with Gasteiger partial charge in [0.1, 0.15) is 0 Å². The Hall–Kier alpha value is -0.650. The van der Waals surface area contributed by atoms with Gasteiger partial charge >= 0.3 is 5.97 Å². The summed E-state index contributed by atoms with van der Waals surface area (Å²) in [5.41, 5.74) is -0.774. The zero-order valence-corrected chi connectivity index (χ0v) is 12.1. The number of rotatable bonds is 5. The van der Waals surface area contributed by atoms with Crippen LogP contribution in [0.2, 0.25) is 0 Å². The summed E-state index contributed by atoms with van der Waals surface area (Å²) in [4.78, 5) is 10.9. The fourth-order valence-electron chi connectivity index (χ4n) is 3.59. The molecule has 0 spiro atoms. The number of aliphatic hydroxyl groups excluding tert-OH is 1. The Labute approximate surface area is 120 Å². The first-order valence-corrected chi connectivity index (χ1v) is 7.83. The Morgan fingerprint density at radius 2 is 1.80 bits per heavy atom. The molecular formula is C15H27NO4. The molecule has 4 N–H and O–H groups in total. The minimum atomic E-state index is -0.774. The largest absolute Gasteiger partial charge is 0.481 e. The van der Waals surface area contributed by atoms with Crippen LogP contribution in [0.4, 0.5) is 0 Å². The fourth-order valence-corrected chi connectivity index (χ4v) is 3.59. The monoisotopic (exact) mass is 285 g/mol. The van der Waals surface area contributed by atoms with Gasteiger partial charge in [-0.1, -0.05) is 12.8 Å². The number of hydrogen-bond acceptors (Lipinski definition) is 4. The van der Waals surface area contributed by atoms with Crippen molar-refractivity contribution >= 4 is 5.97 Å². The van der Waals surface area contributed by atoms with Crippen LogP contribution in [0.15, 0.2) is 0 Å². The summed E-state index contributed by atoms with van der Waals surface area (Å²) < 4.78 is 0. The minimum Gasteiger partial charge on any atom is -0.481 e. The molecule has 0 aromatic rings. The van der Waals surface area contributed by atoms with E-state index in [0.29, 0.717) is 38.1 Å². The Bertz CT molecular complexity index is 326. The highest BCUT2D eigenvalue weighted by Gasteiger charge is 2.36. The lowest BCUT2D eigenvalue weighted by Crippen LogP contribution is -2.50. The average molecular weight is 285 g/mol. The van der Waals surface area contributed by atoms with E-state index in [1.54, 1.807) is 0 Å². The van der Waals surface area contributed by atoms with Crippen LogP contribution in [-0.2, 0) is 4.79 Å². The zero-order valence-electron chi connectivity index (χ0n) is 12.1. The van der Waals surface area contributed by atoms with Crippen LogP contribution >= 0.6 is 0 Å². The van der Waals surface area contributed by atoms with Crippen molar-refractivity contribution in [2.45, 2.75) is 63.0 Å². The Kier molecular flexibility index (Phi) is 5.41. The van der Waals surface area contributed by atoms with Crippen molar-refractivity contribution in [1.29, 1.82) is 0 Å². The number of nitrogens with one attached hydrogen (secondary N) is 1. The molecule has 2 aliphatic rings. The van der Waals surface area contributed by atoms with E-state index in [0.717, 1.165) is 12.8 Å². The van der Waals surface area contributed by atoms with Crippen molar-refractivity contribution in [3.63, 3.8) is 0 Å². The van der Waals surface area contributed by atoms with Gasteiger partial charge in [0, 0.05) is 19.2 Å². The van der Waals surface area contributed by atoms with Crippen molar-refractivity contribution in [1.82, 2.24) is 5.32 Å².